The normalized spacial score (nSPS) is 15.3. The van der Waals surface area contributed by atoms with Gasteiger partial charge in [-0.25, -0.2) is 0 Å². The molecule has 0 atom stereocenters. The molecule has 2 aromatic carbocycles. The number of rotatable bonds is 8. The van der Waals surface area contributed by atoms with Crippen LogP contribution < -0.4 is 0 Å². The van der Waals surface area contributed by atoms with Crippen LogP contribution >= 0.6 is 12.4 Å². The topological polar surface area (TPSA) is 39.5 Å². The maximum Gasteiger partial charge on any atom is 0.108 e. The Bertz CT molecular complexity index is 642. The summed E-state index contributed by atoms with van der Waals surface area (Å²) < 4.78 is 6.31. The maximum absolute atomic E-state index is 8.70. The molecule has 0 aliphatic carbocycles. The average molecular weight is 386 g/mol. The molecule has 4 nitrogen and oxygen atoms in total. The van der Waals surface area contributed by atoms with Gasteiger partial charge in [0.2, 0.25) is 0 Å². The van der Waals surface area contributed by atoms with Crippen LogP contribution in [0.2, 0.25) is 0 Å². The van der Waals surface area contributed by atoms with Crippen molar-refractivity contribution in [2.45, 2.75) is 12.5 Å². The second-order valence-corrected chi connectivity index (χ2v) is 6.66. The van der Waals surface area contributed by atoms with Gasteiger partial charge < -0.3 is 4.74 Å². The standard InChI is InChI=1S/C22H27N3O.ClH/c23-12-7-13-24-14-16-25(17-15-24)18-19-26-22(20-8-3-1-4-9-20)21-10-5-2-6-11-21;/h1-6,8-11,22H,7,13-19H2;1H. The van der Waals surface area contributed by atoms with Gasteiger partial charge in [-0.1, -0.05) is 60.7 Å². The first kappa shape index (κ1) is 21.4. The lowest BCUT2D eigenvalue weighted by molar-refractivity contribution is 0.0456. The predicted octanol–water partition coefficient (Wildman–Crippen LogP) is 3.75. The molecular weight excluding hydrogens is 358 g/mol. The molecule has 5 heteroatoms. The average Bonchev–Trinajstić information content (AvgIpc) is 2.72. The molecule has 0 amide bonds. The van der Waals surface area contributed by atoms with Crippen molar-refractivity contribution in [2.75, 3.05) is 45.9 Å². The van der Waals surface area contributed by atoms with Crippen molar-refractivity contribution >= 4 is 12.4 Å². The van der Waals surface area contributed by atoms with E-state index < -0.39 is 0 Å². The van der Waals surface area contributed by atoms with Crippen molar-refractivity contribution in [1.29, 1.82) is 5.26 Å². The molecule has 0 unspecified atom stereocenters. The fourth-order valence-electron chi connectivity index (χ4n) is 3.38. The second kappa shape index (κ2) is 11.7. The lowest BCUT2D eigenvalue weighted by Gasteiger charge is -2.34. The van der Waals surface area contributed by atoms with Crippen LogP contribution in [-0.4, -0.2) is 55.7 Å². The second-order valence-electron chi connectivity index (χ2n) is 6.66. The molecule has 3 rings (SSSR count). The van der Waals surface area contributed by atoms with Crippen molar-refractivity contribution in [3.63, 3.8) is 0 Å². The monoisotopic (exact) mass is 385 g/mol. The van der Waals surface area contributed by atoms with E-state index in [1.165, 1.54) is 11.1 Å². The molecule has 1 aliphatic rings. The quantitative estimate of drug-likeness (QED) is 0.693. The fraction of sp³-hybridized carbons (Fsp3) is 0.409. The third kappa shape index (κ3) is 6.64. The Balaban J connectivity index is 0.00000261. The Morgan fingerprint density at radius 1 is 0.815 bits per heavy atom. The van der Waals surface area contributed by atoms with Gasteiger partial charge >= 0.3 is 0 Å². The summed E-state index contributed by atoms with van der Waals surface area (Å²) in [5.41, 5.74) is 2.39. The molecule has 1 heterocycles. The van der Waals surface area contributed by atoms with Crippen molar-refractivity contribution in [2.24, 2.45) is 0 Å². The summed E-state index contributed by atoms with van der Waals surface area (Å²) in [4.78, 5) is 4.83. The van der Waals surface area contributed by atoms with E-state index in [0.29, 0.717) is 13.0 Å². The van der Waals surface area contributed by atoms with Crippen LogP contribution in [0.4, 0.5) is 0 Å². The molecule has 0 radical (unpaired) electrons. The lowest BCUT2D eigenvalue weighted by Crippen LogP contribution is -2.47. The van der Waals surface area contributed by atoms with Crippen molar-refractivity contribution < 1.29 is 4.74 Å². The number of hydrogen-bond donors (Lipinski definition) is 0. The third-order valence-electron chi connectivity index (χ3n) is 4.90. The summed E-state index contributed by atoms with van der Waals surface area (Å²) in [5, 5.41) is 8.70. The Morgan fingerprint density at radius 3 is 1.78 bits per heavy atom. The van der Waals surface area contributed by atoms with Crippen molar-refractivity contribution in [1.82, 2.24) is 9.80 Å². The van der Waals surface area contributed by atoms with E-state index in [2.05, 4.69) is 64.4 Å². The molecule has 2 aromatic rings. The van der Waals surface area contributed by atoms with E-state index in [0.717, 1.165) is 39.3 Å². The zero-order chi connectivity index (χ0) is 18.0. The highest BCUT2D eigenvalue weighted by molar-refractivity contribution is 5.85. The highest BCUT2D eigenvalue weighted by Gasteiger charge is 2.18. The molecule has 0 N–H and O–H groups in total. The Labute approximate surface area is 168 Å². The molecule has 0 saturated carbocycles. The van der Waals surface area contributed by atoms with Gasteiger partial charge in [0.15, 0.2) is 0 Å². The van der Waals surface area contributed by atoms with Crippen LogP contribution in [-0.2, 0) is 4.74 Å². The van der Waals surface area contributed by atoms with Gasteiger partial charge in [0.05, 0.1) is 12.7 Å². The van der Waals surface area contributed by atoms with Crippen LogP contribution in [0.15, 0.2) is 60.7 Å². The van der Waals surface area contributed by atoms with Gasteiger partial charge in [-0.3, -0.25) is 9.80 Å². The smallest absolute Gasteiger partial charge is 0.108 e. The van der Waals surface area contributed by atoms with E-state index >= 15 is 0 Å². The van der Waals surface area contributed by atoms with Gasteiger partial charge in [0.1, 0.15) is 6.10 Å². The highest BCUT2D eigenvalue weighted by Crippen LogP contribution is 2.25. The minimum atomic E-state index is -0.0192. The van der Waals surface area contributed by atoms with Crippen LogP contribution in [0.5, 0.6) is 0 Å². The summed E-state index contributed by atoms with van der Waals surface area (Å²) in [6.07, 6.45) is 0.605. The van der Waals surface area contributed by atoms with Gasteiger partial charge in [-0.05, 0) is 11.1 Å². The van der Waals surface area contributed by atoms with Crippen molar-refractivity contribution in [3.05, 3.63) is 71.8 Å². The van der Waals surface area contributed by atoms with E-state index in [-0.39, 0.29) is 18.5 Å². The lowest BCUT2D eigenvalue weighted by atomic mass is 10.0. The molecule has 0 bridgehead atoms. The summed E-state index contributed by atoms with van der Waals surface area (Å²) in [6, 6.07) is 23.1. The van der Waals surface area contributed by atoms with E-state index in [4.69, 9.17) is 10.00 Å². The Hall–Kier alpha value is -1.90. The number of ether oxygens (including phenoxy) is 1. The van der Waals surface area contributed by atoms with Crippen LogP contribution in [0.25, 0.3) is 0 Å². The number of piperazine rings is 1. The SMILES string of the molecule is Cl.N#CCCN1CCN(CCOC(c2ccccc2)c2ccccc2)CC1. The Kier molecular flexibility index (Phi) is 9.30. The summed E-state index contributed by atoms with van der Waals surface area (Å²) in [7, 11) is 0. The van der Waals surface area contributed by atoms with Crippen LogP contribution in [0, 0.1) is 11.3 Å². The van der Waals surface area contributed by atoms with E-state index in [9.17, 15) is 0 Å². The molecular formula is C22H28ClN3O. The minimum Gasteiger partial charge on any atom is -0.367 e. The first-order valence-corrected chi connectivity index (χ1v) is 9.40. The highest BCUT2D eigenvalue weighted by atomic mass is 35.5. The number of halogens is 1. The van der Waals surface area contributed by atoms with Crippen LogP contribution in [0.1, 0.15) is 23.7 Å². The summed E-state index contributed by atoms with van der Waals surface area (Å²) in [5.74, 6) is 0. The van der Waals surface area contributed by atoms with Gasteiger partial charge in [0.25, 0.3) is 0 Å². The number of benzene rings is 2. The maximum atomic E-state index is 8.70. The molecule has 27 heavy (non-hydrogen) atoms. The summed E-state index contributed by atoms with van der Waals surface area (Å²) in [6.45, 7) is 6.75. The molecule has 0 aromatic heterocycles. The van der Waals surface area contributed by atoms with Gasteiger partial charge in [-0.2, -0.15) is 5.26 Å². The van der Waals surface area contributed by atoms with E-state index in [1.54, 1.807) is 0 Å². The largest absolute Gasteiger partial charge is 0.367 e. The predicted molar refractivity (Wildman–Crippen MR) is 111 cm³/mol. The number of nitriles is 1. The Morgan fingerprint density at radius 2 is 1.30 bits per heavy atom. The zero-order valence-electron chi connectivity index (χ0n) is 15.7. The zero-order valence-corrected chi connectivity index (χ0v) is 16.5. The third-order valence-corrected chi connectivity index (χ3v) is 4.90. The van der Waals surface area contributed by atoms with Crippen molar-refractivity contribution in [3.8, 4) is 6.07 Å². The molecule has 1 fully saturated rings. The van der Waals surface area contributed by atoms with Gasteiger partial charge in [0, 0.05) is 45.7 Å². The van der Waals surface area contributed by atoms with Gasteiger partial charge in [-0.15, -0.1) is 12.4 Å². The molecule has 144 valence electrons. The molecule has 1 saturated heterocycles. The first-order valence-electron chi connectivity index (χ1n) is 9.40. The molecule has 0 spiro atoms. The summed E-state index contributed by atoms with van der Waals surface area (Å²) >= 11 is 0. The van der Waals surface area contributed by atoms with E-state index in [1.807, 2.05) is 12.1 Å². The minimum absolute atomic E-state index is 0. The first-order chi connectivity index (χ1) is 12.9. The fourth-order valence-corrected chi connectivity index (χ4v) is 3.38. The molecule has 1 aliphatic heterocycles. The number of nitrogens with zero attached hydrogens (tertiary/aromatic N) is 3. The van der Waals surface area contributed by atoms with Crippen LogP contribution in [0.3, 0.4) is 0 Å². The number of hydrogen-bond acceptors (Lipinski definition) is 4.